The zero-order chi connectivity index (χ0) is 22.8. The summed E-state index contributed by atoms with van der Waals surface area (Å²) in [7, 11) is -3.78. The van der Waals surface area contributed by atoms with Gasteiger partial charge >= 0.3 is 0 Å². The van der Waals surface area contributed by atoms with Gasteiger partial charge in [-0.3, -0.25) is 19.8 Å². The van der Waals surface area contributed by atoms with E-state index in [1.54, 1.807) is 13.8 Å². The van der Waals surface area contributed by atoms with Gasteiger partial charge in [0.2, 0.25) is 15.9 Å². The summed E-state index contributed by atoms with van der Waals surface area (Å²) in [6.45, 7) is 8.15. The summed E-state index contributed by atoms with van der Waals surface area (Å²) in [5, 5.41) is 14.7. The molecular formula is C20H31N5O5S. The second kappa shape index (κ2) is 9.49. The molecule has 1 amide bonds. The molecule has 0 aromatic heterocycles. The van der Waals surface area contributed by atoms with Crippen LogP contribution in [0.3, 0.4) is 0 Å². The van der Waals surface area contributed by atoms with Gasteiger partial charge < -0.3 is 10.2 Å². The van der Waals surface area contributed by atoms with Gasteiger partial charge in [-0.1, -0.05) is 13.8 Å². The van der Waals surface area contributed by atoms with Crippen LogP contribution in [0.25, 0.3) is 0 Å². The first kappa shape index (κ1) is 23.4. The molecule has 1 aromatic carbocycles. The first-order valence-corrected chi connectivity index (χ1v) is 12.2. The molecule has 0 spiro atoms. The smallest absolute Gasteiger partial charge is 0.293 e. The van der Waals surface area contributed by atoms with E-state index in [0.29, 0.717) is 51.0 Å². The first-order valence-electron chi connectivity index (χ1n) is 10.8. The topological polar surface area (TPSA) is 116 Å². The summed E-state index contributed by atoms with van der Waals surface area (Å²) < 4.78 is 26.8. The third-order valence-electron chi connectivity index (χ3n) is 5.99. The number of nitrogens with one attached hydrogen (secondary N) is 1. The molecule has 172 valence electrons. The maximum absolute atomic E-state index is 12.8. The van der Waals surface area contributed by atoms with E-state index >= 15 is 0 Å². The van der Waals surface area contributed by atoms with Crippen LogP contribution in [0, 0.1) is 10.1 Å². The average molecular weight is 454 g/mol. The molecule has 1 saturated carbocycles. The summed E-state index contributed by atoms with van der Waals surface area (Å²) in [6.07, 6.45) is 2.08. The van der Waals surface area contributed by atoms with Crippen LogP contribution in [0.15, 0.2) is 23.1 Å². The van der Waals surface area contributed by atoms with Crippen LogP contribution in [-0.4, -0.2) is 79.8 Å². The second-order valence-electron chi connectivity index (χ2n) is 7.98. The molecular weight excluding hydrogens is 422 g/mol. The number of carbonyl (C=O) groups excluding carboxylic acids is 1. The van der Waals surface area contributed by atoms with E-state index in [-0.39, 0.29) is 22.5 Å². The van der Waals surface area contributed by atoms with Crippen LogP contribution in [0.5, 0.6) is 0 Å². The Balaban J connectivity index is 1.74. The number of carbonyl (C=O) groups is 1. The highest BCUT2D eigenvalue weighted by molar-refractivity contribution is 7.89. The van der Waals surface area contributed by atoms with Gasteiger partial charge in [-0.15, -0.1) is 0 Å². The molecule has 11 heteroatoms. The van der Waals surface area contributed by atoms with Crippen LogP contribution in [0.1, 0.15) is 33.6 Å². The molecule has 3 rings (SSSR count). The van der Waals surface area contributed by atoms with Crippen molar-refractivity contribution in [3.8, 4) is 0 Å². The third kappa shape index (κ3) is 5.16. The summed E-state index contributed by atoms with van der Waals surface area (Å²) in [6, 6.07) is 4.17. The molecule has 0 radical (unpaired) electrons. The van der Waals surface area contributed by atoms with E-state index in [2.05, 4.69) is 10.2 Å². The zero-order valence-electron chi connectivity index (χ0n) is 18.3. The Kier molecular flexibility index (Phi) is 7.17. The minimum atomic E-state index is -3.78. The standard InChI is InChI=1S/C20H31N5O5S/c1-4-24(5-2)31(29,30)17-8-9-18(19(14-17)25(27)28)23-12-10-22(11-13-23)15(3)20(26)21-16-6-7-16/h8-9,14-16H,4-7,10-13H2,1-3H3,(H,21,26). The molecule has 0 bridgehead atoms. The van der Waals surface area contributed by atoms with Gasteiger partial charge in [0, 0.05) is 51.4 Å². The quantitative estimate of drug-likeness (QED) is 0.444. The van der Waals surface area contributed by atoms with Gasteiger partial charge in [0.1, 0.15) is 5.69 Å². The lowest BCUT2D eigenvalue weighted by Crippen LogP contribution is -2.54. The van der Waals surface area contributed by atoms with E-state index in [9.17, 15) is 23.3 Å². The van der Waals surface area contributed by atoms with Gasteiger partial charge in [0.25, 0.3) is 5.69 Å². The number of nitro groups is 1. The monoisotopic (exact) mass is 453 g/mol. The molecule has 1 aromatic rings. The highest BCUT2D eigenvalue weighted by Gasteiger charge is 2.32. The van der Waals surface area contributed by atoms with Crippen molar-refractivity contribution < 1.29 is 18.1 Å². The minimum absolute atomic E-state index is 0.0212. The van der Waals surface area contributed by atoms with E-state index in [0.717, 1.165) is 18.9 Å². The fourth-order valence-corrected chi connectivity index (χ4v) is 5.33. The molecule has 1 aliphatic carbocycles. The Labute approximate surface area is 183 Å². The molecule has 1 unspecified atom stereocenters. The largest absolute Gasteiger partial charge is 0.363 e. The molecule has 1 N–H and O–H groups in total. The van der Waals surface area contributed by atoms with Crippen molar-refractivity contribution in [3.63, 3.8) is 0 Å². The van der Waals surface area contributed by atoms with Crippen LogP contribution in [0.4, 0.5) is 11.4 Å². The van der Waals surface area contributed by atoms with Crippen LogP contribution < -0.4 is 10.2 Å². The van der Waals surface area contributed by atoms with Gasteiger partial charge in [-0.25, -0.2) is 8.42 Å². The third-order valence-corrected chi connectivity index (χ3v) is 8.04. The molecule has 1 atom stereocenters. The van der Waals surface area contributed by atoms with E-state index in [4.69, 9.17) is 0 Å². The Hall–Kier alpha value is -2.24. The molecule has 2 fully saturated rings. The summed E-state index contributed by atoms with van der Waals surface area (Å²) in [5.41, 5.74) is 0.180. The fourth-order valence-electron chi connectivity index (χ4n) is 3.86. The number of sulfonamides is 1. The van der Waals surface area contributed by atoms with Crippen molar-refractivity contribution in [2.75, 3.05) is 44.2 Å². The molecule has 1 saturated heterocycles. The number of hydrogen-bond donors (Lipinski definition) is 1. The summed E-state index contributed by atoms with van der Waals surface area (Å²) in [4.78, 5) is 27.4. The molecule has 2 aliphatic rings. The molecule has 10 nitrogen and oxygen atoms in total. The van der Waals surface area contributed by atoms with Gasteiger partial charge in [0.05, 0.1) is 15.9 Å². The van der Waals surface area contributed by atoms with Crippen molar-refractivity contribution in [2.45, 2.75) is 50.6 Å². The lowest BCUT2D eigenvalue weighted by atomic mass is 10.2. The first-order chi connectivity index (χ1) is 14.7. The molecule has 1 heterocycles. The van der Waals surface area contributed by atoms with Crippen molar-refractivity contribution in [1.29, 1.82) is 0 Å². The number of benzene rings is 1. The Morgan fingerprint density at radius 3 is 2.35 bits per heavy atom. The van der Waals surface area contributed by atoms with Crippen LogP contribution in [-0.2, 0) is 14.8 Å². The minimum Gasteiger partial charge on any atom is -0.363 e. The van der Waals surface area contributed by atoms with Crippen molar-refractivity contribution in [1.82, 2.24) is 14.5 Å². The number of nitrogens with zero attached hydrogens (tertiary/aromatic N) is 4. The van der Waals surface area contributed by atoms with E-state index < -0.39 is 14.9 Å². The van der Waals surface area contributed by atoms with Crippen LogP contribution in [0.2, 0.25) is 0 Å². The SMILES string of the molecule is CCN(CC)S(=O)(=O)c1ccc(N2CCN(C(C)C(=O)NC3CC3)CC2)c([N+](=O)[O-])c1. The van der Waals surface area contributed by atoms with Crippen molar-refractivity contribution >= 4 is 27.3 Å². The number of hydrogen-bond acceptors (Lipinski definition) is 7. The lowest BCUT2D eigenvalue weighted by molar-refractivity contribution is -0.384. The predicted octanol–water partition coefficient (Wildman–Crippen LogP) is 1.41. The lowest BCUT2D eigenvalue weighted by Gasteiger charge is -2.38. The Morgan fingerprint density at radius 1 is 1.23 bits per heavy atom. The number of rotatable bonds is 9. The van der Waals surface area contributed by atoms with Crippen LogP contribution >= 0.6 is 0 Å². The highest BCUT2D eigenvalue weighted by Crippen LogP contribution is 2.32. The molecule has 31 heavy (non-hydrogen) atoms. The maximum Gasteiger partial charge on any atom is 0.293 e. The maximum atomic E-state index is 12.8. The average Bonchev–Trinajstić information content (AvgIpc) is 3.57. The van der Waals surface area contributed by atoms with Crippen molar-refractivity contribution in [2.24, 2.45) is 0 Å². The van der Waals surface area contributed by atoms with E-state index in [1.807, 2.05) is 11.8 Å². The zero-order valence-corrected chi connectivity index (χ0v) is 19.1. The van der Waals surface area contributed by atoms with Gasteiger partial charge in [-0.05, 0) is 31.9 Å². The van der Waals surface area contributed by atoms with Crippen molar-refractivity contribution in [3.05, 3.63) is 28.3 Å². The Morgan fingerprint density at radius 2 is 1.84 bits per heavy atom. The van der Waals surface area contributed by atoms with Gasteiger partial charge in [0.15, 0.2) is 0 Å². The van der Waals surface area contributed by atoms with Gasteiger partial charge in [-0.2, -0.15) is 4.31 Å². The Bertz CT molecular complexity index is 922. The van der Waals surface area contributed by atoms with E-state index in [1.165, 1.54) is 16.4 Å². The predicted molar refractivity (Wildman–Crippen MR) is 118 cm³/mol. The second-order valence-corrected chi connectivity index (χ2v) is 9.92. The number of amides is 1. The number of piperazine rings is 1. The molecule has 1 aliphatic heterocycles. The fraction of sp³-hybridized carbons (Fsp3) is 0.650. The summed E-state index contributed by atoms with van der Waals surface area (Å²) in [5.74, 6) is 0.0212. The number of nitro benzene ring substituents is 1. The normalized spacial score (nSPS) is 18.8. The number of anilines is 1. The highest BCUT2D eigenvalue weighted by atomic mass is 32.2. The summed E-state index contributed by atoms with van der Waals surface area (Å²) >= 11 is 0.